The van der Waals surface area contributed by atoms with Crippen LogP contribution in [0.25, 0.3) is 10.9 Å². The number of aromatic nitrogens is 2. The molecule has 0 aliphatic carbocycles. The number of hydrogen-bond acceptors (Lipinski definition) is 4. The van der Waals surface area contributed by atoms with E-state index in [1.807, 2.05) is 80.6 Å². The molecule has 1 heterocycles. The van der Waals surface area contributed by atoms with Crippen LogP contribution in [0.4, 0.5) is 5.69 Å². The normalized spacial score (nSPS) is 10.9. The van der Waals surface area contributed by atoms with E-state index in [2.05, 4.69) is 10.3 Å². The molecule has 31 heavy (non-hydrogen) atoms. The number of carbonyl (C=O) groups excluding carboxylic acids is 1. The fourth-order valence-electron chi connectivity index (χ4n) is 3.24. The molecule has 6 heteroatoms. The highest BCUT2D eigenvalue weighted by Crippen LogP contribution is 2.20. The second kappa shape index (κ2) is 9.18. The zero-order valence-corrected chi connectivity index (χ0v) is 18.3. The van der Waals surface area contributed by atoms with E-state index >= 15 is 0 Å². The van der Waals surface area contributed by atoms with Crippen molar-refractivity contribution in [2.24, 2.45) is 0 Å². The summed E-state index contributed by atoms with van der Waals surface area (Å²) in [5, 5.41) is 3.99. The molecule has 0 radical (unpaired) electrons. The predicted molar refractivity (Wildman–Crippen MR) is 127 cm³/mol. The Balaban J connectivity index is 1.60. The zero-order valence-electron chi connectivity index (χ0n) is 17.5. The summed E-state index contributed by atoms with van der Waals surface area (Å²) in [7, 11) is 0. The van der Waals surface area contributed by atoms with Gasteiger partial charge in [-0.3, -0.25) is 14.2 Å². The molecule has 0 bridgehead atoms. The Hall–Kier alpha value is -3.38. The monoisotopic (exact) mass is 429 g/mol. The molecule has 1 aromatic heterocycles. The van der Waals surface area contributed by atoms with Crippen molar-refractivity contribution in [2.75, 3.05) is 11.1 Å². The second-order valence-electron chi connectivity index (χ2n) is 7.49. The summed E-state index contributed by atoms with van der Waals surface area (Å²) in [6, 6.07) is 23.0. The van der Waals surface area contributed by atoms with E-state index in [4.69, 9.17) is 0 Å². The van der Waals surface area contributed by atoms with Crippen molar-refractivity contribution in [1.29, 1.82) is 0 Å². The van der Waals surface area contributed by atoms with E-state index < -0.39 is 0 Å². The highest BCUT2D eigenvalue weighted by atomic mass is 32.2. The Bertz CT molecular complexity index is 1280. The summed E-state index contributed by atoms with van der Waals surface area (Å²) in [6.45, 7) is 4.43. The van der Waals surface area contributed by atoms with Crippen molar-refractivity contribution in [2.45, 2.75) is 25.5 Å². The first-order chi connectivity index (χ1) is 15.0. The number of fused-ring (bicyclic) bond motifs is 1. The van der Waals surface area contributed by atoms with Crippen LogP contribution in [-0.4, -0.2) is 21.2 Å². The topological polar surface area (TPSA) is 64.0 Å². The van der Waals surface area contributed by atoms with Crippen LogP contribution in [0.1, 0.15) is 16.7 Å². The fraction of sp³-hybridized carbons (Fsp3) is 0.160. The number of anilines is 1. The average molecular weight is 430 g/mol. The number of thioether (sulfide) groups is 1. The van der Waals surface area contributed by atoms with Crippen molar-refractivity contribution in [3.8, 4) is 0 Å². The third-order valence-electron chi connectivity index (χ3n) is 4.96. The van der Waals surface area contributed by atoms with Crippen molar-refractivity contribution >= 4 is 34.3 Å². The molecule has 0 saturated heterocycles. The molecular formula is C25H23N3O2S. The maximum atomic E-state index is 13.2. The van der Waals surface area contributed by atoms with Gasteiger partial charge in [0.15, 0.2) is 5.16 Å². The second-order valence-corrected chi connectivity index (χ2v) is 8.43. The van der Waals surface area contributed by atoms with Gasteiger partial charge in [0, 0.05) is 5.69 Å². The highest BCUT2D eigenvalue weighted by molar-refractivity contribution is 7.99. The molecule has 0 aliphatic rings. The minimum atomic E-state index is -0.141. The number of nitrogens with zero attached hydrogens (tertiary/aromatic N) is 2. The van der Waals surface area contributed by atoms with Gasteiger partial charge in [0.25, 0.3) is 5.56 Å². The first-order valence-corrected chi connectivity index (χ1v) is 11.0. The number of rotatable bonds is 6. The van der Waals surface area contributed by atoms with E-state index in [0.29, 0.717) is 22.6 Å². The van der Waals surface area contributed by atoms with Crippen LogP contribution < -0.4 is 10.9 Å². The van der Waals surface area contributed by atoms with E-state index in [1.165, 1.54) is 11.8 Å². The van der Waals surface area contributed by atoms with E-state index in [0.717, 1.165) is 22.4 Å². The quantitative estimate of drug-likeness (QED) is 0.353. The summed E-state index contributed by atoms with van der Waals surface area (Å²) in [6.07, 6.45) is 0. The van der Waals surface area contributed by atoms with Gasteiger partial charge in [0.2, 0.25) is 5.91 Å². The molecule has 0 unspecified atom stereocenters. The van der Waals surface area contributed by atoms with E-state index in [1.54, 1.807) is 10.6 Å². The molecule has 4 rings (SSSR count). The van der Waals surface area contributed by atoms with Gasteiger partial charge in [-0.15, -0.1) is 0 Å². The van der Waals surface area contributed by atoms with Crippen molar-refractivity contribution in [3.63, 3.8) is 0 Å². The van der Waals surface area contributed by atoms with Gasteiger partial charge in [0.1, 0.15) is 0 Å². The number of benzene rings is 3. The number of amides is 1. The molecule has 0 fully saturated rings. The molecule has 1 N–H and O–H groups in total. The average Bonchev–Trinajstić information content (AvgIpc) is 2.77. The molecular weight excluding hydrogens is 406 g/mol. The standard InChI is InChI=1S/C25H23N3O2S/c1-17-7-11-19(12-8-17)15-28-24(30)21-5-3-4-6-22(21)27-25(28)31-16-23(29)26-20-13-9-18(2)10-14-20/h3-14H,15-16H2,1-2H3,(H,26,29). The van der Waals surface area contributed by atoms with Crippen LogP contribution in [0.3, 0.4) is 0 Å². The predicted octanol–water partition coefficient (Wildman–Crippen LogP) is 4.79. The molecule has 5 nitrogen and oxygen atoms in total. The number of aryl methyl sites for hydroxylation is 2. The van der Waals surface area contributed by atoms with Gasteiger partial charge < -0.3 is 5.32 Å². The molecule has 0 saturated carbocycles. The molecule has 0 spiro atoms. The summed E-state index contributed by atoms with van der Waals surface area (Å²) < 4.78 is 1.65. The minimum absolute atomic E-state index is 0.104. The third-order valence-corrected chi connectivity index (χ3v) is 5.93. The first-order valence-electron chi connectivity index (χ1n) is 10.0. The smallest absolute Gasteiger partial charge is 0.262 e. The Morgan fingerprint density at radius 3 is 2.29 bits per heavy atom. The molecule has 0 aliphatic heterocycles. The maximum absolute atomic E-state index is 13.2. The Morgan fingerprint density at radius 1 is 0.935 bits per heavy atom. The van der Waals surface area contributed by atoms with Gasteiger partial charge in [-0.05, 0) is 43.7 Å². The Kier molecular flexibility index (Phi) is 6.18. The summed E-state index contributed by atoms with van der Waals surface area (Å²) in [5.41, 5.74) is 4.58. The van der Waals surface area contributed by atoms with E-state index in [-0.39, 0.29) is 17.2 Å². The van der Waals surface area contributed by atoms with Gasteiger partial charge in [-0.25, -0.2) is 4.98 Å². The Labute approximate surface area is 185 Å². The molecule has 0 atom stereocenters. The molecule has 156 valence electrons. The zero-order chi connectivity index (χ0) is 21.8. The lowest BCUT2D eigenvalue weighted by Gasteiger charge is -2.13. The van der Waals surface area contributed by atoms with Crippen molar-refractivity contribution in [3.05, 3.63) is 99.8 Å². The van der Waals surface area contributed by atoms with Crippen LogP contribution in [0, 0.1) is 13.8 Å². The van der Waals surface area contributed by atoms with Crippen LogP contribution in [0.15, 0.2) is 82.7 Å². The SMILES string of the molecule is Cc1ccc(Cn2c(SCC(=O)Nc3ccc(C)cc3)nc3ccccc3c2=O)cc1. The van der Waals surface area contributed by atoms with Gasteiger partial charge >= 0.3 is 0 Å². The van der Waals surface area contributed by atoms with Crippen molar-refractivity contribution in [1.82, 2.24) is 9.55 Å². The first kappa shape index (κ1) is 20.9. The van der Waals surface area contributed by atoms with Gasteiger partial charge in [0.05, 0.1) is 23.2 Å². The maximum Gasteiger partial charge on any atom is 0.262 e. The summed E-state index contributed by atoms with van der Waals surface area (Å²) >= 11 is 1.27. The lowest BCUT2D eigenvalue weighted by Crippen LogP contribution is -2.25. The molecule has 3 aromatic carbocycles. The highest BCUT2D eigenvalue weighted by Gasteiger charge is 2.14. The third kappa shape index (κ3) is 5.03. The lowest BCUT2D eigenvalue weighted by atomic mass is 10.1. The number of carbonyl (C=O) groups is 1. The number of nitrogens with one attached hydrogen (secondary N) is 1. The van der Waals surface area contributed by atoms with Crippen LogP contribution in [-0.2, 0) is 11.3 Å². The molecule has 1 amide bonds. The van der Waals surface area contributed by atoms with Gasteiger partial charge in [-0.1, -0.05) is 71.4 Å². The number of hydrogen-bond donors (Lipinski definition) is 1. The fourth-order valence-corrected chi connectivity index (χ4v) is 4.04. The minimum Gasteiger partial charge on any atom is -0.325 e. The summed E-state index contributed by atoms with van der Waals surface area (Å²) in [5.74, 6) is 0.0187. The van der Waals surface area contributed by atoms with Gasteiger partial charge in [-0.2, -0.15) is 0 Å². The van der Waals surface area contributed by atoms with Crippen molar-refractivity contribution < 1.29 is 4.79 Å². The summed E-state index contributed by atoms with van der Waals surface area (Å²) in [4.78, 5) is 30.4. The van der Waals surface area contributed by atoms with E-state index in [9.17, 15) is 9.59 Å². The van der Waals surface area contributed by atoms with Crippen LogP contribution >= 0.6 is 11.8 Å². The largest absolute Gasteiger partial charge is 0.325 e. The lowest BCUT2D eigenvalue weighted by molar-refractivity contribution is -0.113. The van der Waals surface area contributed by atoms with Crippen LogP contribution in [0.2, 0.25) is 0 Å². The molecule has 4 aromatic rings. The number of para-hydroxylation sites is 1. The van der Waals surface area contributed by atoms with Crippen LogP contribution in [0.5, 0.6) is 0 Å². The Morgan fingerprint density at radius 2 is 1.58 bits per heavy atom.